The van der Waals surface area contributed by atoms with Crippen molar-refractivity contribution < 1.29 is 16.5 Å². The van der Waals surface area contributed by atoms with Gasteiger partial charge in [0.05, 0.1) is 0 Å². The van der Waals surface area contributed by atoms with Crippen LogP contribution in [-0.4, -0.2) is 39.5 Å². The number of nitrogens with one attached hydrogen (secondary N) is 1. The third-order valence-corrected chi connectivity index (χ3v) is 4.47. The standard InChI is InChI=1S/C13H19FN2O3S2/c1-9-11(8-16-5-3-15-4-6-16)7-12(20)10(2)13(9)19-21(14,17)18/h7,15,20H,3-6,8H2,1-2H3. The Morgan fingerprint density at radius 2 is 1.95 bits per heavy atom. The third kappa shape index (κ3) is 4.32. The molecule has 5 nitrogen and oxygen atoms in total. The van der Waals surface area contributed by atoms with Gasteiger partial charge in [-0.05, 0) is 31.0 Å². The predicted octanol–water partition coefficient (Wildman–Crippen LogP) is 1.59. The zero-order valence-corrected chi connectivity index (χ0v) is 13.7. The van der Waals surface area contributed by atoms with E-state index < -0.39 is 10.5 Å². The number of hydrogen-bond acceptors (Lipinski definition) is 6. The van der Waals surface area contributed by atoms with Crippen LogP contribution < -0.4 is 9.50 Å². The zero-order chi connectivity index (χ0) is 15.6. The lowest BCUT2D eigenvalue weighted by atomic mass is 10.0. The highest BCUT2D eigenvalue weighted by Crippen LogP contribution is 2.33. The second-order valence-corrected chi connectivity index (χ2v) is 6.57. The van der Waals surface area contributed by atoms with Crippen LogP contribution in [0.25, 0.3) is 0 Å². The molecule has 1 aliphatic heterocycles. The summed E-state index contributed by atoms with van der Waals surface area (Å²) in [6.07, 6.45) is 0. The molecule has 0 aromatic heterocycles. The van der Waals surface area contributed by atoms with E-state index in [2.05, 4.69) is 27.0 Å². The molecule has 118 valence electrons. The van der Waals surface area contributed by atoms with Gasteiger partial charge in [-0.3, -0.25) is 4.90 Å². The number of benzene rings is 1. The van der Waals surface area contributed by atoms with Gasteiger partial charge in [-0.25, -0.2) is 0 Å². The molecule has 1 fully saturated rings. The topological polar surface area (TPSA) is 58.6 Å². The molecule has 1 aromatic carbocycles. The molecular formula is C13H19FN2O3S2. The van der Waals surface area contributed by atoms with Crippen LogP contribution in [0.4, 0.5) is 3.89 Å². The van der Waals surface area contributed by atoms with Gasteiger partial charge in [-0.1, -0.05) is 3.89 Å². The normalized spacial score (nSPS) is 17.0. The number of nitrogens with zero attached hydrogens (tertiary/aromatic N) is 1. The number of hydrogen-bond donors (Lipinski definition) is 2. The molecule has 0 spiro atoms. The second-order valence-electron chi connectivity index (χ2n) is 5.14. The summed E-state index contributed by atoms with van der Waals surface area (Å²) < 4.78 is 38.9. The van der Waals surface area contributed by atoms with Crippen LogP contribution in [0.1, 0.15) is 16.7 Å². The van der Waals surface area contributed by atoms with E-state index in [1.807, 2.05) is 6.07 Å². The first kappa shape index (κ1) is 16.5. The summed E-state index contributed by atoms with van der Waals surface area (Å²) in [7, 11) is -5.05. The molecule has 1 N–H and O–H groups in total. The Hall–Kier alpha value is -0.830. The SMILES string of the molecule is Cc1c(S)cc(CN2CCNCC2)c(C)c1OS(=O)(=O)F. The third-order valence-electron chi connectivity index (χ3n) is 3.64. The van der Waals surface area contributed by atoms with Gasteiger partial charge in [0, 0.05) is 43.2 Å². The van der Waals surface area contributed by atoms with Crippen molar-refractivity contribution in [1.29, 1.82) is 0 Å². The van der Waals surface area contributed by atoms with E-state index in [4.69, 9.17) is 0 Å². The van der Waals surface area contributed by atoms with Crippen molar-refractivity contribution in [2.45, 2.75) is 25.3 Å². The fourth-order valence-electron chi connectivity index (χ4n) is 2.42. The molecule has 8 heteroatoms. The summed E-state index contributed by atoms with van der Waals surface area (Å²) in [4.78, 5) is 2.83. The maximum absolute atomic E-state index is 12.9. The molecule has 0 radical (unpaired) electrons. The lowest BCUT2D eigenvalue weighted by molar-refractivity contribution is 0.232. The Kier molecular flexibility index (Phi) is 5.13. The van der Waals surface area contributed by atoms with Crippen molar-refractivity contribution in [1.82, 2.24) is 10.2 Å². The van der Waals surface area contributed by atoms with E-state index in [1.54, 1.807) is 13.8 Å². The van der Waals surface area contributed by atoms with Crippen molar-refractivity contribution in [2.75, 3.05) is 26.2 Å². The second kappa shape index (κ2) is 6.51. The molecule has 1 aliphatic rings. The Morgan fingerprint density at radius 1 is 1.33 bits per heavy atom. The number of rotatable bonds is 4. The van der Waals surface area contributed by atoms with Crippen molar-refractivity contribution in [3.8, 4) is 5.75 Å². The molecule has 1 aromatic rings. The zero-order valence-electron chi connectivity index (χ0n) is 12.0. The van der Waals surface area contributed by atoms with Gasteiger partial charge in [-0.15, -0.1) is 12.6 Å². The van der Waals surface area contributed by atoms with E-state index in [-0.39, 0.29) is 5.75 Å². The van der Waals surface area contributed by atoms with Crippen molar-refractivity contribution in [3.63, 3.8) is 0 Å². The monoisotopic (exact) mass is 334 g/mol. The maximum atomic E-state index is 12.9. The fraction of sp³-hybridized carbons (Fsp3) is 0.538. The van der Waals surface area contributed by atoms with E-state index >= 15 is 0 Å². The first-order valence-corrected chi connectivity index (χ1v) is 8.42. The Morgan fingerprint density at radius 3 is 2.52 bits per heavy atom. The van der Waals surface area contributed by atoms with Gasteiger partial charge in [0.1, 0.15) is 0 Å². The van der Waals surface area contributed by atoms with Gasteiger partial charge < -0.3 is 9.50 Å². The van der Waals surface area contributed by atoms with Gasteiger partial charge in [0.2, 0.25) is 0 Å². The van der Waals surface area contributed by atoms with Crippen molar-refractivity contribution in [2.24, 2.45) is 0 Å². The molecule has 0 amide bonds. The minimum absolute atomic E-state index is 0.0372. The van der Waals surface area contributed by atoms with Gasteiger partial charge >= 0.3 is 10.5 Å². The lowest BCUT2D eigenvalue weighted by Crippen LogP contribution is -2.43. The number of piperazine rings is 1. The minimum Gasteiger partial charge on any atom is -0.358 e. The number of thiol groups is 1. The van der Waals surface area contributed by atoms with Crippen LogP contribution in [0, 0.1) is 13.8 Å². The first-order chi connectivity index (χ1) is 9.78. The van der Waals surface area contributed by atoms with Crippen LogP contribution in [0.15, 0.2) is 11.0 Å². The number of halogens is 1. The van der Waals surface area contributed by atoms with Gasteiger partial charge in [0.15, 0.2) is 5.75 Å². The fourth-order valence-corrected chi connectivity index (χ4v) is 3.13. The summed E-state index contributed by atoms with van der Waals surface area (Å²) in [6, 6.07) is 1.88. The smallest absolute Gasteiger partial charge is 0.358 e. The van der Waals surface area contributed by atoms with Crippen LogP contribution in [0.3, 0.4) is 0 Å². The van der Waals surface area contributed by atoms with Crippen molar-refractivity contribution in [3.05, 3.63) is 22.8 Å². The molecule has 0 atom stereocenters. The van der Waals surface area contributed by atoms with Crippen LogP contribution >= 0.6 is 12.6 Å². The van der Waals surface area contributed by atoms with E-state index in [0.29, 0.717) is 22.6 Å². The molecule has 2 rings (SSSR count). The Balaban J connectivity index is 2.33. The quantitative estimate of drug-likeness (QED) is 0.647. The summed E-state index contributed by atoms with van der Waals surface area (Å²) in [5.41, 5.74) is 2.04. The van der Waals surface area contributed by atoms with E-state index in [9.17, 15) is 12.3 Å². The highest BCUT2D eigenvalue weighted by Gasteiger charge is 2.20. The van der Waals surface area contributed by atoms with Gasteiger partial charge in [-0.2, -0.15) is 8.42 Å². The summed E-state index contributed by atoms with van der Waals surface area (Å²) in [5.74, 6) is 0.0372. The maximum Gasteiger partial charge on any atom is 0.488 e. The van der Waals surface area contributed by atoms with Crippen LogP contribution in [0.2, 0.25) is 0 Å². The van der Waals surface area contributed by atoms with Gasteiger partial charge in [0.25, 0.3) is 0 Å². The first-order valence-electron chi connectivity index (χ1n) is 6.67. The molecule has 0 bridgehead atoms. The molecule has 1 heterocycles. The average Bonchev–Trinajstić information content (AvgIpc) is 2.41. The summed E-state index contributed by atoms with van der Waals surface area (Å²) in [6.45, 7) is 7.70. The highest BCUT2D eigenvalue weighted by atomic mass is 32.3. The van der Waals surface area contributed by atoms with E-state index in [1.165, 1.54) is 0 Å². The molecule has 0 saturated carbocycles. The predicted molar refractivity (Wildman–Crippen MR) is 82.0 cm³/mol. The van der Waals surface area contributed by atoms with Crippen LogP contribution in [0.5, 0.6) is 5.75 Å². The molecular weight excluding hydrogens is 315 g/mol. The molecule has 1 saturated heterocycles. The summed E-state index contributed by atoms with van der Waals surface area (Å²) in [5, 5.41) is 3.27. The Bertz CT molecular complexity index is 629. The summed E-state index contributed by atoms with van der Waals surface area (Å²) >= 11 is 4.32. The molecule has 0 aliphatic carbocycles. The van der Waals surface area contributed by atoms with Crippen molar-refractivity contribution >= 4 is 23.1 Å². The lowest BCUT2D eigenvalue weighted by Gasteiger charge is -2.28. The highest BCUT2D eigenvalue weighted by molar-refractivity contribution is 7.81. The average molecular weight is 334 g/mol. The largest absolute Gasteiger partial charge is 0.488 e. The van der Waals surface area contributed by atoms with Crippen LogP contribution in [-0.2, 0) is 17.0 Å². The Labute approximate surface area is 130 Å². The molecule has 0 unspecified atom stereocenters. The minimum atomic E-state index is -5.05. The van der Waals surface area contributed by atoms with E-state index in [0.717, 1.165) is 31.7 Å². The molecule has 21 heavy (non-hydrogen) atoms.